The molecule has 24 heavy (non-hydrogen) atoms. The van der Waals surface area contributed by atoms with Gasteiger partial charge in [0.25, 0.3) is 0 Å². The molecule has 2 aromatic rings. The van der Waals surface area contributed by atoms with E-state index in [1.165, 1.54) is 30.3 Å². The SMILES string of the molecule is CC(C)CC(C)(CN)NS(=O)(=O)c1ccc2oc(=O)ccc2c1.Cl. The highest BCUT2D eigenvalue weighted by Gasteiger charge is 2.30. The van der Waals surface area contributed by atoms with Gasteiger partial charge in [0.2, 0.25) is 10.0 Å². The summed E-state index contributed by atoms with van der Waals surface area (Å²) in [6, 6.07) is 7.17. The van der Waals surface area contributed by atoms with Crippen molar-refractivity contribution >= 4 is 33.4 Å². The minimum Gasteiger partial charge on any atom is -0.423 e. The fourth-order valence-corrected chi connectivity index (χ4v) is 4.13. The number of halogens is 1. The monoisotopic (exact) mass is 374 g/mol. The van der Waals surface area contributed by atoms with Crippen LogP contribution in [0.5, 0.6) is 0 Å². The van der Waals surface area contributed by atoms with Crippen LogP contribution < -0.4 is 16.1 Å². The highest BCUT2D eigenvalue weighted by molar-refractivity contribution is 7.89. The van der Waals surface area contributed by atoms with Crippen molar-refractivity contribution in [3.63, 3.8) is 0 Å². The van der Waals surface area contributed by atoms with Crippen LogP contribution in [0.4, 0.5) is 0 Å². The van der Waals surface area contributed by atoms with Crippen LogP contribution >= 0.6 is 12.4 Å². The van der Waals surface area contributed by atoms with Gasteiger partial charge in [-0.25, -0.2) is 17.9 Å². The van der Waals surface area contributed by atoms with Gasteiger partial charge in [-0.3, -0.25) is 0 Å². The van der Waals surface area contributed by atoms with Crippen molar-refractivity contribution in [2.75, 3.05) is 6.54 Å². The molecule has 0 aliphatic rings. The van der Waals surface area contributed by atoms with Crippen LogP contribution in [0.25, 0.3) is 11.0 Å². The third-order valence-electron chi connectivity index (χ3n) is 3.59. The normalized spacial score (nSPS) is 14.4. The lowest BCUT2D eigenvalue weighted by molar-refractivity contribution is 0.344. The van der Waals surface area contributed by atoms with Crippen LogP contribution in [0.2, 0.25) is 0 Å². The number of benzene rings is 1. The van der Waals surface area contributed by atoms with Crippen molar-refractivity contribution in [3.8, 4) is 0 Å². The van der Waals surface area contributed by atoms with Crippen LogP contribution in [-0.2, 0) is 10.0 Å². The Morgan fingerprint density at radius 3 is 2.50 bits per heavy atom. The minimum atomic E-state index is -3.73. The van der Waals surface area contributed by atoms with Crippen molar-refractivity contribution in [3.05, 3.63) is 40.8 Å². The molecule has 8 heteroatoms. The highest BCUT2D eigenvalue weighted by Crippen LogP contribution is 2.22. The average molecular weight is 375 g/mol. The molecule has 1 aromatic carbocycles. The molecule has 0 saturated heterocycles. The van der Waals surface area contributed by atoms with E-state index >= 15 is 0 Å². The second-order valence-corrected chi connectivity index (χ2v) is 8.10. The zero-order valence-corrected chi connectivity index (χ0v) is 15.5. The Labute approximate surface area is 147 Å². The van der Waals surface area contributed by atoms with Gasteiger partial charge in [-0.2, -0.15) is 0 Å². The molecule has 134 valence electrons. The van der Waals surface area contributed by atoms with Crippen molar-refractivity contribution in [1.29, 1.82) is 0 Å². The fraction of sp³-hybridized carbons (Fsp3) is 0.438. The number of hydrogen-bond donors (Lipinski definition) is 2. The highest BCUT2D eigenvalue weighted by atomic mass is 35.5. The summed E-state index contributed by atoms with van der Waals surface area (Å²) >= 11 is 0. The molecule has 0 saturated carbocycles. The van der Waals surface area contributed by atoms with Crippen LogP contribution in [0, 0.1) is 5.92 Å². The molecule has 0 aliphatic carbocycles. The van der Waals surface area contributed by atoms with Gasteiger partial charge >= 0.3 is 5.63 Å². The standard InChI is InChI=1S/C16H22N2O4S.ClH/c1-11(2)9-16(3,10-17)18-23(20,21)13-5-6-14-12(8-13)4-7-15(19)22-14;/h4-8,11,18H,9-10,17H2,1-3H3;1H. The van der Waals surface area contributed by atoms with E-state index < -0.39 is 21.2 Å². The molecule has 1 unspecified atom stereocenters. The van der Waals surface area contributed by atoms with E-state index in [9.17, 15) is 13.2 Å². The molecule has 0 fully saturated rings. The largest absolute Gasteiger partial charge is 0.423 e. The fourth-order valence-electron chi connectivity index (χ4n) is 2.67. The maximum atomic E-state index is 12.6. The summed E-state index contributed by atoms with van der Waals surface area (Å²) < 4.78 is 33.0. The van der Waals surface area contributed by atoms with Crippen LogP contribution in [0.3, 0.4) is 0 Å². The summed E-state index contributed by atoms with van der Waals surface area (Å²) in [5, 5.41) is 0.547. The zero-order valence-electron chi connectivity index (χ0n) is 13.9. The first-order chi connectivity index (χ1) is 10.6. The molecule has 3 N–H and O–H groups in total. The number of rotatable bonds is 6. The van der Waals surface area contributed by atoms with E-state index in [0.717, 1.165) is 0 Å². The van der Waals surface area contributed by atoms with Crippen molar-refractivity contribution in [2.45, 2.75) is 37.6 Å². The first-order valence-corrected chi connectivity index (χ1v) is 8.91. The van der Waals surface area contributed by atoms with Gasteiger partial charge in [-0.1, -0.05) is 13.8 Å². The molecule has 1 heterocycles. The van der Waals surface area contributed by atoms with E-state index in [-0.39, 0.29) is 23.8 Å². The van der Waals surface area contributed by atoms with Gasteiger partial charge in [0.1, 0.15) is 5.58 Å². The zero-order chi connectivity index (χ0) is 17.3. The van der Waals surface area contributed by atoms with Crippen LogP contribution in [0.15, 0.2) is 44.4 Å². The Balaban J connectivity index is 0.00000288. The van der Waals surface area contributed by atoms with E-state index in [4.69, 9.17) is 10.2 Å². The van der Waals surface area contributed by atoms with E-state index in [0.29, 0.717) is 23.3 Å². The number of sulfonamides is 1. The minimum absolute atomic E-state index is 0. The summed E-state index contributed by atoms with van der Waals surface area (Å²) in [4.78, 5) is 11.3. The molecule has 2 rings (SSSR count). The molecule has 1 aromatic heterocycles. The van der Waals surface area contributed by atoms with Crippen LogP contribution in [-0.4, -0.2) is 20.5 Å². The molecule has 6 nitrogen and oxygen atoms in total. The lowest BCUT2D eigenvalue weighted by Crippen LogP contribution is -2.51. The van der Waals surface area contributed by atoms with Gasteiger partial charge < -0.3 is 10.2 Å². The molecule has 1 atom stereocenters. The van der Waals surface area contributed by atoms with Gasteiger partial charge in [0.15, 0.2) is 0 Å². The third-order valence-corrected chi connectivity index (χ3v) is 5.23. The van der Waals surface area contributed by atoms with Gasteiger partial charge in [-0.05, 0) is 43.5 Å². The Hall–Kier alpha value is -1.41. The maximum Gasteiger partial charge on any atom is 0.336 e. The average Bonchev–Trinajstić information content (AvgIpc) is 2.45. The Morgan fingerprint density at radius 2 is 1.92 bits per heavy atom. The summed E-state index contributed by atoms with van der Waals surface area (Å²) in [5.41, 5.74) is 4.93. The van der Waals surface area contributed by atoms with Crippen LogP contribution in [0.1, 0.15) is 27.2 Å². The number of nitrogens with one attached hydrogen (secondary N) is 1. The molecule has 0 aliphatic heterocycles. The van der Waals surface area contributed by atoms with Crippen molar-refractivity contribution < 1.29 is 12.8 Å². The second-order valence-electron chi connectivity index (χ2n) is 6.42. The number of fused-ring (bicyclic) bond motifs is 1. The lowest BCUT2D eigenvalue weighted by atomic mass is 9.92. The van der Waals surface area contributed by atoms with E-state index in [1.54, 1.807) is 6.92 Å². The third kappa shape index (κ3) is 4.80. The Morgan fingerprint density at radius 1 is 1.25 bits per heavy atom. The summed E-state index contributed by atoms with van der Waals surface area (Å²) in [6.07, 6.45) is 0.630. The quantitative estimate of drug-likeness (QED) is 0.755. The van der Waals surface area contributed by atoms with E-state index in [2.05, 4.69) is 4.72 Å². The summed E-state index contributed by atoms with van der Waals surface area (Å²) in [7, 11) is -3.73. The molecule has 0 spiro atoms. The number of nitrogens with two attached hydrogens (primary N) is 1. The number of hydrogen-bond acceptors (Lipinski definition) is 5. The summed E-state index contributed by atoms with van der Waals surface area (Å²) in [6.45, 7) is 6.03. The molecule has 0 bridgehead atoms. The van der Waals surface area contributed by atoms with E-state index in [1.807, 2.05) is 13.8 Å². The van der Waals surface area contributed by atoms with Crippen molar-refractivity contribution in [2.24, 2.45) is 11.7 Å². The Kier molecular flexibility index (Phi) is 6.58. The second kappa shape index (κ2) is 7.65. The van der Waals surface area contributed by atoms with Gasteiger partial charge in [-0.15, -0.1) is 12.4 Å². The molecule has 0 amide bonds. The molecular weight excluding hydrogens is 352 g/mol. The lowest BCUT2D eigenvalue weighted by Gasteiger charge is -2.30. The maximum absolute atomic E-state index is 12.6. The first-order valence-electron chi connectivity index (χ1n) is 7.43. The Bertz CT molecular complexity index is 864. The molecule has 0 radical (unpaired) electrons. The summed E-state index contributed by atoms with van der Waals surface area (Å²) in [5.74, 6) is 0.303. The first kappa shape index (κ1) is 20.6. The molecular formula is C16H23ClN2O4S. The predicted molar refractivity (Wildman–Crippen MR) is 97.0 cm³/mol. The topological polar surface area (TPSA) is 102 Å². The smallest absolute Gasteiger partial charge is 0.336 e. The van der Waals surface area contributed by atoms with Crippen molar-refractivity contribution in [1.82, 2.24) is 4.72 Å². The van der Waals surface area contributed by atoms with Gasteiger partial charge in [0.05, 0.1) is 4.90 Å². The predicted octanol–water partition coefficient (Wildman–Crippen LogP) is 2.26. The van der Waals surface area contributed by atoms with Gasteiger partial charge in [0, 0.05) is 23.5 Å².